The van der Waals surface area contributed by atoms with Gasteiger partial charge in [-0.2, -0.15) is 0 Å². The van der Waals surface area contributed by atoms with Gasteiger partial charge in [-0.1, -0.05) is 331 Å². The predicted molar refractivity (Wildman–Crippen MR) is 350 cm³/mol. The monoisotopic (exact) mass is 1150 g/mol. The summed E-state index contributed by atoms with van der Waals surface area (Å²) < 4.78 is 11.4. The molecule has 9 nitrogen and oxygen atoms in total. The molecule has 0 bridgehead atoms. The molecule has 1 saturated heterocycles. The Labute approximate surface area is 506 Å². The Morgan fingerprint density at radius 2 is 0.756 bits per heavy atom. The van der Waals surface area contributed by atoms with Crippen molar-refractivity contribution >= 4 is 5.91 Å². The molecule has 0 aromatic carbocycles. The average molecular weight is 1150 g/mol. The fraction of sp³-hybridized carbons (Fsp3) is 0.822. The number of ether oxygens (including phenoxy) is 2. The number of hydrogen-bond donors (Lipinski definition) is 6. The van der Waals surface area contributed by atoms with Crippen LogP contribution in [-0.2, 0) is 14.3 Å². The number of amides is 1. The molecule has 0 radical (unpaired) electrons. The van der Waals surface area contributed by atoms with E-state index >= 15 is 0 Å². The zero-order chi connectivity index (χ0) is 59.3. The van der Waals surface area contributed by atoms with Crippen LogP contribution in [0.4, 0.5) is 0 Å². The third kappa shape index (κ3) is 49.8. The Balaban J connectivity index is 2.13. The summed E-state index contributed by atoms with van der Waals surface area (Å²) in [6.07, 6.45) is 79.7. The molecule has 478 valence electrons. The quantitative estimate of drug-likeness (QED) is 0.0261. The van der Waals surface area contributed by atoms with E-state index in [-0.39, 0.29) is 12.5 Å². The fourth-order valence-electron chi connectivity index (χ4n) is 11.1. The summed E-state index contributed by atoms with van der Waals surface area (Å²) in [4.78, 5) is 13.1. The first-order chi connectivity index (χ1) is 40.3. The van der Waals surface area contributed by atoms with Crippen molar-refractivity contribution in [3.63, 3.8) is 0 Å². The number of hydrogen-bond acceptors (Lipinski definition) is 8. The largest absolute Gasteiger partial charge is 0.394 e. The first-order valence-corrected chi connectivity index (χ1v) is 35.1. The fourth-order valence-corrected chi connectivity index (χ4v) is 11.1. The Morgan fingerprint density at radius 3 is 1.12 bits per heavy atom. The lowest BCUT2D eigenvalue weighted by Gasteiger charge is -2.40. The molecule has 6 N–H and O–H groups in total. The molecule has 1 aliphatic rings. The van der Waals surface area contributed by atoms with Gasteiger partial charge in [0, 0.05) is 6.42 Å². The number of nitrogens with one attached hydrogen (secondary N) is 1. The van der Waals surface area contributed by atoms with Crippen LogP contribution in [0, 0.1) is 0 Å². The highest BCUT2D eigenvalue weighted by atomic mass is 16.7. The molecule has 0 aromatic heterocycles. The van der Waals surface area contributed by atoms with Crippen molar-refractivity contribution in [2.45, 2.75) is 371 Å². The minimum atomic E-state index is -1.56. The number of aliphatic hydroxyl groups excluding tert-OH is 5. The molecule has 0 aliphatic carbocycles. The predicted octanol–water partition coefficient (Wildman–Crippen LogP) is 19.1. The van der Waals surface area contributed by atoms with Crippen LogP contribution in [0.15, 0.2) is 72.9 Å². The molecule has 1 fully saturated rings. The van der Waals surface area contributed by atoms with Crippen LogP contribution < -0.4 is 5.32 Å². The zero-order valence-electron chi connectivity index (χ0n) is 53.5. The Bertz CT molecular complexity index is 1520. The van der Waals surface area contributed by atoms with Gasteiger partial charge in [-0.05, 0) is 64.2 Å². The summed E-state index contributed by atoms with van der Waals surface area (Å²) in [6.45, 7) is 3.76. The number of carbonyl (C=O) groups excluding carboxylic acids is 1. The van der Waals surface area contributed by atoms with E-state index in [9.17, 15) is 30.3 Å². The minimum Gasteiger partial charge on any atom is -0.394 e. The number of allylic oxidation sites excluding steroid dienone is 12. The summed E-state index contributed by atoms with van der Waals surface area (Å²) in [5.41, 5.74) is 0. The second-order valence-electron chi connectivity index (χ2n) is 24.3. The normalized spacial score (nSPS) is 18.7. The van der Waals surface area contributed by atoms with Crippen LogP contribution in [0.25, 0.3) is 0 Å². The summed E-state index contributed by atoms with van der Waals surface area (Å²) in [6, 6.07) is -0.730. The first kappa shape index (κ1) is 77.6. The molecule has 1 heterocycles. The van der Waals surface area contributed by atoms with E-state index in [1.807, 2.05) is 0 Å². The highest BCUT2D eigenvalue weighted by Gasteiger charge is 2.44. The van der Waals surface area contributed by atoms with Crippen LogP contribution in [0.3, 0.4) is 0 Å². The van der Waals surface area contributed by atoms with Gasteiger partial charge in [0.15, 0.2) is 6.29 Å². The van der Waals surface area contributed by atoms with Gasteiger partial charge >= 0.3 is 0 Å². The molecule has 1 aliphatic heterocycles. The number of aliphatic hydroxyl groups is 5. The van der Waals surface area contributed by atoms with Crippen LogP contribution >= 0.6 is 0 Å². The van der Waals surface area contributed by atoms with E-state index in [1.54, 1.807) is 0 Å². The van der Waals surface area contributed by atoms with Crippen molar-refractivity contribution < 1.29 is 39.8 Å². The van der Waals surface area contributed by atoms with E-state index in [2.05, 4.69) is 92.1 Å². The van der Waals surface area contributed by atoms with Crippen molar-refractivity contribution in [3.8, 4) is 0 Å². The third-order valence-electron chi connectivity index (χ3n) is 16.6. The summed E-state index contributed by atoms with van der Waals surface area (Å²) in [5, 5.41) is 54.9. The topological polar surface area (TPSA) is 149 Å². The van der Waals surface area contributed by atoms with Gasteiger partial charge in [-0.3, -0.25) is 4.79 Å². The molecule has 1 amide bonds. The van der Waals surface area contributed by atoms with Crippen LogP contribution in [0.5, 0.6) is 0 Å². The zero-order valence-corrected chi connectivity index (χ0v) is 53.5. The van der Waals surface area contributed by atoms with E-state index in [4.69, 9.17) is 9.47 Å². The van der Waals surface area contributed by atoms with Gasteiger partial charge in [0.1, 0.15) is 24.4 Å². The number of rotatable bonds is 61. The van der Waals surface area contributed by atoms with E-state index in [1.165, 1.54) is 212 Å². The number of unbranched alkanes of at least 4 members (excludes halogenated alkanes) is 39. The maximum Gasteiger partial charge on any atom is 0.220 e. The summed E-state index contributed by atoms with van der Waals surface area (Å²) in [7, 11) is 0. The van der Waals surface area contributed by atoms with Gasteiger partial charge in [0.2, 0.25) is 5.91 Å². The lowest BCUT2D eigenvalue weighted by Crippen LogP contribution is -2.60. The second-order valence-corrected chi connectivity index (χ2v) is 24.3. The minimum absolute atomic E-state index is 0.144. The maximum atomic E-state index is 13.1. The Morgan fingerprint density at radius 1 is 0.427 bits per heavy atom. The van der Waals surface area contributed by atoms with E-state index in [0.717, 1.165) is 89.9 Å². The van der Waals surface area contributed by atoms with Gasteiger partial charge in [0.25, 0.3) is 0 Å². The van der Waals surface area contributed by atoms with E-state index in [0.29, 0.717) is 12.8 Å². The highest BCUT2D eigenvalue weighted by Crippen LogP contribution is 2.24. The Kier molecular flexibility index (Phi) is 58.4. The molecule has 7 atom stereocenters. The van der Waals surface area contributed by atoms with E-state index < -0.39 is 49.5 Å². The first-order valence-electron chi connectivity index (χ1n) is 35.1. The van der Waals surface area contributed by atoms with Crippen molar-refractivity contribution in [3.05, 3.63) is 72.9 Å². The van der Waals surface area contributed by atoms with Gasteiger partial charge in [0.05, 0.1) is 25.4 Å². The summed E-state index contributed by atoms with van der Waals surface area (Å²) in [5.74, 6) is -0.151. The van der Waals surface area contributed by atoms with Crippen LogP contribution in [0.2, 0.25) is 0 Å². The molecular weight excluding hydrogens is 1020 g/mol. The van der Waals surface area contributed by atoms with Gasteiger partial charge in [-0.25, -0.2) is 0 Å². The van der Waals surface area contributed by atoms with Gasteiger partial charge in [-0.15, -0.1) is 0 Å². The SMILES string of the molecule is CC/C=C\C/C=C\C/C=C\C/C=C\C/C=C\C/C=C\CCCCCCCCCCC(=O)NC(COC1OC(CO)C(O)C(O)C1O)C(O)CCCCCCCCCCCCCCCCCCCCCCCCCCCCCCCCCC. The van der Waals surface area contributed by atoms with Crippen molar-refractivity contribution in [2.24, 2.45) is 0 Å². The second kappa shape index (κ2) is 61.7. The standard InChI is InChI=1S/C73H133NO8/c1-3-5-7-9-11-13-15-17-19-21-23-25-27-29-31-32-33-34-35-37-38-40-42-44-46-48-50-52-54-56-58-60-62-67(76)66(65-81-73-72(80)71(79)70(78)68(64-75)82-73)74-69(77)63-61-59-57-55-53-51-49-47-45-43-41-39-36-30-28-26-24-22-20-18-16-14-12-10-8-6-4-2/h6,8,12,14,18,20,24,26,30,36,41,43,66-68,70-73,75-76,78-80H,3-5,7,9-11,13,15-17,19,21-23,25,27-29,31-35,37-40,42,44-65H2,1-2H3,(H,74,77)/b8-6-,14-12-,20-18-,26-24-,36-30-,43-41-. The summed E-state index contributed by atoms with van der Waals surface area (Å²) >= 11 is 0. The van der Waals surface area contributed by atoms with Crippen molar-refractivity contribution in [2.75, 3.05) is 13.2 Å². The highest BCUT2D eigenvalue weighted by molar-refractivity contribution is 5.76. The molecule has 7 unspecified atom stereocenters. The smallest absolute Gasteiger partial charge is 0.220 e. The lowest BCUT2D eigenvalue weighted by molar-refractivity contribution is -0.302. The number of carbonyl (C=O) groups is 1. The third-order valence-corrected chi connectivity index (χ3v) is 16.6. The molecular formula is C73H133NO8. The van der Waals surface area contributed by atoms with Gasteiger partial charge < -0.3 is 40.3 Å². The molecule has 0 aromatic rings. The molecule has 0 spiro atoms. The molecule has 0 saturated carbocycles. The van der Waals surface area contributed by atoms with Crippen LogP contribution in [0.1, 0.15) is 328 Å². The average Bonchev–Trinajstić information content (AvgIpc) is 3.53. The van der Waals surface area contributed by atoms with Crippen LogP contribution in [-0.4, -0.2) is 87.5 Å². The maximum absolute atomic E-state index is 13.1. The lowest BCUT2D eigenvalue weighted by atomic mass is 9.99. The Hall–Kier alpha value is -2.37. The van der Waals surface area contributed by atoms with Crippen molar-refractivity contribution in [1.82, 2.24) is 5.32 Å². The molecule has 82 heavy (non-hydrogen) atoms. The van der Waals surface area contributed by atoms with Crippen molar-refractivity contribution in [1.29, 1.82) is 0 Å². The molecule has 1 rings (SSSR count). The molecule has 9 heteroatoms.